The van der Waals surface area contributed by atoms with Gasteiger partial charge in [-0.05, 0) is 25.1 Å². The molecule has 94 valence electrons. The van der Waals surface area contributed by atoms with Crippen LogP contribution in [0.3, 0.4) is 0 Å². The topological polar surface area (TPSA) is 58.6 Å². The second-order valence-corrected chi connectivity index (χ2v) is 4.49. The van der Waals surface area contributed by atoms with Gasteiger partial charge in [0, 0.05) is 28.4 Å². The number of rotatable bonds is 3. The first-order valence-corrected chi connectivity index (χ1v) is 6.13. The Morgan fingerprint density at radius 3 is 2.84 bits per heavy atom. The first-order chi connectivity index (χ1) is 9.25. The van der Waals surface area contributed by atoms with E-state index >= 15 is 0 Å². The molecule has 4 nitrogen and oxygen atoms in total. The van der Waals surface area contributed by atoms with Gasteiger partial charge in [0.2, 0.25) is 0 Å². The largest absolute Gasteiger partial charge is 0.358 e. The number of carbonyl (C=O) groups excluding carboxylic acids is 1. The van der Waals surface area contributed by atoms with Crippen molar-refractivity contribution < 1.29 is 4.79 Å². The molecule has 2 aromatic heterocycles. The highest BCUT2D eigenvalue weighted by Crippen LogP contribution is 2.23. The molecule has 0 atom stereocenters. The molecule has 0 aliphatic carbocycles. The molecular formula is C15H13N3O. The summed E-state index contributed by atoms with van der Waals surface area (Å²) in [5.41, 5.74) is 3.33. The van der Waals surface area contributed by atoms with Gasteiger partial charge in [0.1, 0.15) is 0 Å². The Morgan fingerprint density at radius 1 is 1.21 bits per heavy atom. The van der Waals surface area contributed by atoms with Gasteiger partial charge in [0.05, 0.1) is 12.1 Å². The summed E-state index contributed by atoms with van der Waals surface area (Å²) in [5, 5.41) is 8.72. The van der Waals surface area contributed by atoms with E-state index in [9.17, 15) is 4.79 Å². The Morgan fingerprint density at radius 2 is 2.05 bits per heavy atom. The lowest BCUT2D eigenvalue weighted by Crippen LogP contribution is -2.06. The Kier molecular flexibility index (Phi) is 2.83. The van der Waals surface area contributed by atoms with Crippen LogP contribution in [0.25, 0.3) is 10.9 Å². The molecule has 0 radical (unpaired) electrons. The van der Waals surface area contributed by atoms with Crippen LogP contribution in [-0.2, 0) is 6.42 Å². The van der Waals surface area contributed by atoms with Crippen LogP contribution >= 0.6 is 0 Å². The molecule has 19 heavy (non-hydrogen) atoms. The number of hydrogen-bond donors (Lipinski definition) is 1. The van der Waals surface area contributed by atoms with Gasteiger partial charge in [0.25, 0.3) is 0 Å². The van der Waals surface area contributed by atoms with E-state index in [1.54, 1.807) is 12.3 Å². The summed E-state index contributed by atoms with van der Waals surface area (Å²) in [5.74, 6) is 0.0652. The summed E-state index contributed by atoms with van der Waals surface area (Å²) >= 11 is 0. The normalized spacial score (nSPS) is 10.8. The number of hydrogen-bond acceptors (Lipinski definition) is 3. The minimum absolute atomic E-state index is 0.0652. The number of aromatic amines is 1. The van der Waals surface area contributed by atoms with Crippen LogP contribution in [0.2, 0.25) is 0 Å². The summed E-state index contributed by atoms with van der Waals surface area (Å²) in [6, 6.07) is 11.4. The lowest BCUT2D eigenvalue weighted by molar-refractivity contribution is 0.0992. The molecule has 3 aromatic rings. The van der Waals surface area contributed by atoms with E-state index in [4.69, 9.17) is 0 Å². The van der Waals surface area contributed by atoms with E-state index < -0.39 is 0 Å². The average molecular weight is 251 g/mol. The van der Waals surface area contributed by atoms with Gasteiger partial charge in [-0.2, -0.15) is 10.2 Å². The molecule has 0 bridgehead atoms. The summed E-state index contributed by atoms with van der Waals surface area (Å²) in [7, 11) is 0. The minimum Gasteiger partial charge on any atom is -0.358 e. The van der Waals surface area contributed by atoms with Crippen LogP contribution in [0.4, 0.5) is 0 Å². The zero-order chi connectivity index (χ0) is 13.2. The molecule has 2 heterocycles. The highest BCUT2D eigenvalue weighted by atomic mass is 16.1. The Hall–Kier alpha value is -2.49. The molecule has 4 heteroatoms. The molecule has 0 fully saturated rings. The van der Waals surface area contributed by atoms with Crippen LogP contribution in [0.15, 0.2) is 42.6 Å². The minimum atomic E-state index is 0.0652. The highest BCUT2D eigenvalue weighted by molar-refractivity contribution is 6.09. The molecule has 0 saturated heterocycles. The van der Waals surface area contributed by atoms with Gasteiger partial charge < -0.3 is 4.98 Å². The number of para-hydroxylation sites is 1. The van der Waals surface area contributed by atoms with Crippen molar-refractivity contribution in [3.05, 3.63) is 59.5 Å². The van der Waals surface area contributed by atoms with E-state index in [1.807, 2.05) is 37.3 Å². The van der Waals surface area contributed by atoms with Crippen LogP contribution in [-0.4, -0.2) is 21.0 Å². The molecule has 0 spiro atoms. The molecule has 3 rings (SSSR count). The lowest BCUT2D eigenvalue weighted by Gasteiger charge is -2.00. The molecule has 0 aliphatic heterocycles. The number of fused-ring (bicyclic) bond motifs is 1. The fraction of sp³-hybridized carbons (Fsp3) is 0.133. The summed E-state index contributed by atoms with van der Waals surface area (Å²) < 4.78 is 0. The third-order valence-electron chi connectivity index (χ3n) is 3.14. The van der Waals surface area contributed by atoms with Gasteiger partial charge in [-0.25, -0.2) is 0 Å². The average Bonchev–Trinajstić information content (AvgIpc) is 2.75. The van der Waals surface area contributed by atoms with Crippen molar-refractivity contribution in [1.29, 1.82) is 0 Å². The maximum Gasteiger partial charge on any atom is 0.171 e. The molecule has 0 unspecified atom stereocenters. The van der Waals surface area contributed by atoms with Crippen molar-refractivity contribution >= 4 is 16.7 Å². The Labute approximate surface area is 110 Å². The molecule has 1 aromatic carbocycles. The zero-order valence-corrected chi connectivity index (χ0v) is 10.6. The maximum absolute atomic E-state index is 12.4. The SMILES string of the molecule is Cc1[nH]c2ccccc2c1C(=O)Cc1cccnn1. The van der Waals surface area contributed by atoms with Crippen LogP contribution in [0.1, 0.15) is 21.7 Å². The molecule has 0 saturated carbocycles. The van der Waals surface area contributed by atoms with Crippen molar-refractivity contribution in [2.24, 2.45) is 0 Å². The third kappa shape index (κ3) is 2.12. The fourth-order valence-electron chi connectivity index (χ4n) is 2.32. The van der Waals surface area contributed by atoms with E-state index in [2.05, 4.69) is 15.2 Å². The van der Waals surface area contributed by atoms with Crippen molar-refractivity contribution in [2.75, 3.05) is 0 Å². The van der Waals surface area contributed by atoms with Gasteiger partial charge in [-0.15, -0.1) is 0 Å². The number of ketones is 1. The number of H-pyrrole nitrogens is 1. The number of carbonyl (C=O) groups is 1. The first kappa shape index (κ1) is 11.6. The number of aromatic nitrogens is 3. The van der Waals surface area contributed by atoms with Gasteiger partial charge in [0.15, 0.2) is 5.78 Å². The highest BCUT2D eigenvalue weighted by Gasteiger charge is 2.16. The van der Waals surface area contributed by atoms with E-state index in [-0.39, 0.29) is 12.2 Å². The number of nitrogens with one attached hydrogen (secondary N) is 1. The third-order valence-corrected chi connectivity index (χ3v) is 3.14. The van der Waals surface area contributed by atoms with Gasteiger partial charge in [-0.3, -0.25) is 4.79 Å². The first-order valence-electron chi connectivity index (χ1n) is 6.13. The van der Waals surface area contributed by atoms with Gasteiger partial charge in [-0.1, -0.05) is 18.2 Å². The van der Waals surface area contributed by atoms with Crippen LogP contribution < -0.4 is 0 Å². The lowest BCUT2D eigenvalue weighted by atomic mass is 10.0. The van der Waals surface area contributed by atoms with Gasteiger partial charge >= 0.3 is 0 Å². The summed E-state index contributed by atoms with van der Waals surface area (Å²) in [6.07, 6.45) is 1.88. The van der Waals surface area contributed by atoms with Crippen molar-refractivity contribution in [2.45, 2.75) is 13.3 Å². The van der Waals surface area contributed by atoms with Crippen LogP contribution in [0, 0.1) is 6.92 Å². The smallest absolute Gasteiger partial charge is 0.171 e. The number of Topliss-reactive ketones (excluding diaryl/α,β-unsaturated/α-hetero) is 1. The van der Waals surface area contributed by atoms with Crippen molar-refractivity contribution in [3.8, 4) is 0 Å². The number of benzene rings is 1. The van der Waals surface area contributed by atoms with E-state index in [1.165, 1.54) is 0 Å². The number of nitrogens with zero attached hydrogens (tertiary/aromatic N) is 2. The standard InChI is InChI=1S/C15H13N3O/c1-10-15(12-6-2-3-7-13(12)17-10)14(19)9-11-5-4-8-16-18-11/h2-8,17H,9H2,1H3. The molecule has 1 N–H and O–H groups in total. The summed E-state index contributed by atoms with van der Waals surface area (Å²) in [4.78, 5) is 15.7. The number of aryl methyl sites for hydroxylation is 1. The fourth-order valence-corrected chi connectivity index (χ4v) is 2.32. The Bertz CT molecular complexity index is 731. The zero-order valence-electron chi connectivity index (χ0n) is 10.6. The molecule has 0 aliphatic rings. The van der Waals surface area contributed by atoms with Crippen molar-refractivity contribution in [3.63, 3.8) is 0 Å². The van der Waals surface area contributed by atoms with Crippen molar-refractivity contribution in [1.82, 2.24) is 15.2 Å². The molecular weight excluding hydrogens is 238 g/mol. The van der Waals surface area contributed by atoms with E-state index in [0.29, 0.717) is 5.69 Å². The second kappa shape index (κ2) is 4.65. The quantitative estimate of drug-likeness (QED) is 0.728. The predicted molar refractivity (Wildman–Crippen MR) is 73.1 cm³/mol. The predicted octanol–water partition coefficient (Wildman–Crippen LogP) is 2.69. The maximum atomic E-state index is 12.4. The monoisotopic (exact) mass is 251 g/mol. The van der Waals surface area contributed by atoms with Crippen LogP contribution in [0.5, 0.6) is 0 Å². The second-order valence-electron chi connectivity index (χ2n) is 4.49. The Balaban J connectivity index is 2.00. The van der Waals surface area contributed by atoms with E-state index in [0.717, 1.165) is 22.2 Å². The molecule has 0 amide bonds. The summed E-state index contributed by atoms with van der Waals surface area (Å²) in [6.45, 7) is 1.92.